The van der Waals surface area contributed by atoms with Crippen LogP contribution in [0.3, 0.4) is 0 Å². The molecule has 0 radical (unpaired) electrons. The van der Waals surface area contributed by atoms with Gasteiger partial charge in [-0.1, -0.05) is 0 Å². The first-order chi connectivity index (χ1) is 7.40. The molecule has 94 valence electrons. The second-order valence-electron chi connectivity index (χ2n) is 3.76. The van der Waals surface area contributed by atoms with Crippen LogP contribution in [-0.4, -0.2) is 70.1 Å². The van der Waals surface area contributed by atoms with Crippen LogP contribution < -0.4 is 0 Å². The predicted molar refractivity (Wildman–Crippen MR) is 50.4 cm³/mol. The summed E-state index contributed by atoms with van der Waals surface area (Å²) in [5.74, 6) is -0.871. The van der Waals surface area contributed by atoms with Gasteiger partial charge in [0.2, 0.25) is 0 Å². The molecule has 6 atom stereocenters. The molecule has 0 saturated carbocycles. The molecule has 0 aromatic carbocycles. The lowest BCUT2D eigenvalue weighted by Gasteiger charge is -2.40. The van der Waals surface area contributed by atoms with Crippen LogP contribution in [0.25, 0.3) is 0 Å². The first-order valence-corrected chi connectivity index (χ1v) is 4.85. The third-order valence-corrected chi connectivity index (χ3v) is 2.56. The summed E-state index contributed by atoms with van der Waals surface area (Å²) in [6, 6.07) is 0. The molecule has 1 heterocycles. The normalized spacial score (nSPS) is 41.5. The molecule has 4 N–H and O–H groups in total. The largest absolute Gasteiger partial charge is 0.467 e. The molecular formula is C9H16O7. The number of carbonyl (C=O) groups is 1. The summed E-state index contributed by atoms with van der Waals surface area (Å²) in [6.45, 7) is 1.34. The van der Waals surface area contributed by atoms with E-state index in [0.717, 1.165) is 7.11 Å². The van der Waals surface area contributed by atoms with Crippen molar-refractivity contribution < 1.29 is 34.7 Å². The molecule has 0 amide bonds. The summed E-state index contributed by atoms with van der Waals surface area (Å²) >= 11 is 0. The molecule has 1 aliphatic heterocycles. The minimum Gasteiger partial charge on any atom is -0.467 e. The topological polar surface area (TPSA) is 116 Å². The Morgan fingerprint density at radius 3 is 2.25 bits per heavy atom. The molecule has 1 saturated heterocycles. The summed E-state index contributed by atoms with van der Waals surface area (Å²) < 4.78 is 9.38. The molecule has 16 heavy (non-hydrogen) atoms. The maximum atomic E-state index is 11.2. The van der Waals surface area contributed by atoms with Crippen molar-refractivity contribution >= 4 is 5.97 Å². The highest BCUT2D eigenvalue weighted by molar-refractivity contribution is 5.75. The van der Waals surface area contributed by atoms with Crippen molar-refractivity contribution in [1.29, 1.82) is 0 Å². The first-order valence-electron chi connectivity index (χ1n) is 4.85. The first kappa shape index (κ1) is 13.3. The van der Waals surface area contributed by atoms with Gasteiger partial charge < -0.3 is 29.9 Å². The van der Waals surface area contributed by atoms with E-state index in [-0.39, 0.29) is 0 Å². The van der Waals surface area contributed by atoms with Gasteiger partial charge in [0.15, 0.2) is 6.10 Å². The van der Waals surface area contributed by atoms with Crippen LogP contribution in [-0.2, 0) is 14.3 Å². The van der Waals surface area contributed by atoms with Crippen molar-refractivity contribution in [3.63, 3.8) is 0 Å². The number of aliphatic hydroxyl groups is 4. The molecule has 0 aliphatic carbocycles. The van der Waals surface area contributed by atoms with Crippen molar-refractivity contribution in [2.24, 2.45) is 0 Å². The van der Waals surface area contributed by atoms with Crippen molar-refractivity contribution in [2.75, 3.05) is 7.11 Å². The van der Waals surface area contributed by atoms with Gasteiger partial charge in [-0.25, -0.2) is 4.79 Å². The van der Waals surface area contributed by atoms with Crippen LogP contribution in [0.2, 0.25) is 0 Å². The summed E-state index contributed by atoms with van der Waals surface area (Å²) in [4.78, 5) is 11.2. The van der Waals surface area contributed by atoms with Gasteiger partial charge in [-0.05, 0) is 6.92 Å². The van der Waals surface area contributed by atoms with E-state index in [4.69, 9.17) is 4.74 Å². The maximum absolute atomic E-state index is 11.2. The number of hydrogen-bond acceptors (Lipinski definition) is 7. The lowest BCUT2D eigenvalue weighted by atomic mass is 9.92. The average molecular weight is 236 g/mol. The highest BCUT2D eigenvalue weighted by Gasteiger charge is 2.48. The van der Waals surface area contributed by atoms with Gasteiger partial charge in [-0.3, -0.25) is 0 Å². The number of rotatable bonds is 2. The smallest absolute Gasteiger partial charge is 0.337 e. The highest BCUT2D eigenvalue weighted by atomic mass is 16.6. The van der Waals surface area contributed by atoms with E-state index < -0.39 is 42.6 Å². The zero-order valence-corrected chi connectivity index (χ0v) is 8.98. The molecule has 6 unspecified atom stereocenters. The molecule has 7 nitrogen and oxygen atoms in total. The molecule has 1 fully saturated rings. The van der Waals surface area contributed by atoms with Crippen molar-refractivity contribution in [3.05, 3.63) is 0 Å². The van der Waals surface area contributed by atoms with Crippen LogP contribution in [0.4, 0.5) is 0 Å². The van der Waals surface area contributed by atoms with Gasteiger partial charge in [-0.2, -0.15) is 0 Å². The lowest BCUT2D eigenvalue weighted by molar-refractivity contribution is -0.244. The molecule has 7 heteroatoms. The third-order valence-electron chi connectivity index (χ3n) is 2.56. The Balaban J connectivity index is 2.85. The monoisotopic (exact) mass is 236 g/mol. The third kappa shape index (κ3) is 2.33. The summed E-state index contributed by atoms with van der Waals surface area (Å²) in [5, 5.41) is 37.8. The summed E-state index contributed by atoms with van der Waals surface area (Å²) in [5.41, 5.74) is 0. The van der Waals surface area contributed by atoms with E-state index in [1.54, 1.807) is 0 Å². The Bertz CT molecular complexity index is 254. The van der Waals surface area contributed by atoms with E-state index in [9.17, 15) is 25.2 Å². The number of methoxy groups -OCH3 is 1. The average Bonchev–Trinajstić information content (AvgIpc) is 2.25. The predicted octanol–water partition coefficient (Wildman–Crippen LogP) is -2.61. The van der Waals surface area contributed by atoms with Crippen molar-refractivity contribution in [1.82, 2.24) is 0 Å². The minimum atomic E-state index is -1.59. The Kier molecular flexibility index (Phi) is 4.22. The van der Waals surface area contributed by atoms with Gasteiger partial charge in [0.25, 0.3) is 0 Å². The zero-order chi connectivity index (χ0) is 12.5. The summed E-state index contributed by atoms with van der Waals surface area (Å²) in [7, 11) is 1.10. The summed E-state index contributed by atoms with van der Waals surface area (Å²) in [6.07, 6.45) is -8.28. The molecule has 0 aromatic rings. The fourth-order valence-corrected chi connectivity index (χ4v) is 1.62. The van der Waals surface area contributed by atoms with Gasteiger partial charge >= 0.3 is 5.97 Å². The SMILES string of the molecule is COC(=O)C1OC(C(C)O)C(O)C(O)C1O. The van der Waals surface area contributed by atoms with Crippen LogP contribution in [0.15, 0.2) is 0 Å². The number of esters is 1. The van der Waals surface area contributed by atoms with E-state index >= 15 is 0 Å². The van der Waals surface area contributed by atoms with E-state index in [1.165, 1.54) is 6.92 Å². The number of aliphatic hydroxyl groups excluding tert-OH is 4. The molecule has 0 spiro atoms. The fraction of sp³-hybridized carbons (Fsp3) is 0.889. The van der Waals surface area contributed by atoms with E-state index in [0.29, 0.717) is 0 Å². The molecule has 0 bridgehead atoms. The molecule has 0 aromatic heterocycles. The van der Waals surface area contributed by atoms with Gasteiger partial charge in [-0.15, -0.1) is 0 Å². The van der Waals surface area contributed by atoms with Crippen molar-refractivity contribution in [3.8, 4) is 0 Å². The Hall–Kier alpha value is -0.730. The van der Waals surface area contributed by atoms with Crippen LogP contribution in [0, 0.1) is 0 Å². The standard InChI is InChI=1S/C9H16O7/c1-3(10)7-5(12)4(11)6(13)8(16-7)9(14)15-2/h3-8,10-13H,1-2H3. The molecule has 1 rings (SSSR count). The molecule has 1 aliphatic rings. The number of ether oxygens (including phenoxy) is 2. The second kappa shape index (κ2) is 5.07. The van der Waals surface area contributed by atoms with Crippen molar-refractivity contribution in [2.45, 2.75) is 43.5 Å². The Morgan fingerprint density at radius 1 is 1.25 bits per heavy atom. The van der Waals surface area contributed by atoms with Crippen LogP contribution >= 0.6 is 0 Å². The van der Waals surface area contributed by atoms with Crippen LogP contribution in [0.1, 0.15) is 6.92 Å². The quantitative estimate of drug-likeness (QED) is 0.388. The van der Waals surface area contributed by atoms with Gasteiger partial charge in [0.05, 0.1) is 13.2 Å². The second-order valence-corrected chi connectivity index (χ2v) is 3.76. The lowest BCUT2D eigenvalue weighted by Crippen LogP contribution is -2.62. The Labute approximate surface area is 92.2 Å². The minimum absolute atomic E-state index is 0.871. The van der Waals surface area contributed by atoms with Gasteiger partial charge in [0, 0.05) is 0 Å². The molecular weight excluding hydrogens is 220 g/mol. The fourth-order valence-electron chi connectivity index (χ4n) is 1.62. The van der Waals surface area contributed by atoms with Gasteiger partial charge in [0.1, 0.15) is 24.4 Å². The van der Waals surface area contributed by atoms with E-state index in [2.05, 4.69) is 4.74 Å². The number of carbonyl (C=O) groups excluding carboxylic acids is 1. The highest BCUT2D eigenvalue weighted by Crippen LogP contribution is 2.23. The van der Waals surface area contributed by atoms with E-state index in [1.807, 2.05) is 0 Å². The zero-order valence-electron chi connectivity index (χ0n) is 8.98. The number of hydrogen-bond donors (Lipinski definition) is 4. The maximum Gasteiger partial charge on any atom is 0.337 e. The van der Waals surface area contributed by atoms with Crippen LogP contribution in [0.5, 0.6) is 0 Å². The Morgan fingerprint density at radius 2 is 1.81 bits per heavy atom.